The Morgan fingerprint density at radius 3 is 0.905 bits per heavy atom. The van der Waals surface area contributed by atoms with Crippen molar-refractivity contribution >= 4 is 17.9 Å². The monoisotopic (exact) mass is 891 g/mol. The van der Waals surface area contributed by atoms with E-state index in [1.54, 1.807) is 0 Å². The van der Waals surface area contributed by atoms with Crippen LogP contribution in [0.4, 0.5) is 0 Å². The standard InChI is InChI=1S/C57H110O6/c1-6-8-9-10-11-25-34-39-44-49-57(60)63-54(50-61-55(58)47-42-37-32-28-23-19-14-12-13-17-21-26-30-35-40-45-52(3)4)51-62-56(59)48-43-38-33-29-24-20-16-15-18-22-27-31-36-41-46-53(5)7-2/h52-54H,6-51H2,1-5H3/t53?,54-/m1/s1. The van der Waals surface area contributed by atoms with Gasteiger partial charge >= 0.3 is 17.9 Å². The van der Waals surface area contributed by atoms with E-state index < -0.39 is 6.10 Å². The van der Waals surface area contributed by atoms with Crippen molar-refractivity contribution in [1.29, 1.82) is 0 Å². The van der Waals surface area contributed by atoms with Gasteiger partial charge in [0.1, 0.15) is 13.2 Å². The second-order valence-electron chi connectivity index (χ2n) is 20.3. The van der Waals surface area contributed by atoms with Gasteiger partial charge in [0.25, 0.3) is 0 Å². The van der Waals surface area contributed by atoms with Gasteiger partial charge in [0.2, 0.25) is 0 Å². The van der Waals surface area contributed by atoms with E-state index >= 15 is 0 Å². The van der Waals surface area contributed by atoms with E-state index in [1.807, 2.05) is 0 Å². The molecule has 0 aromatic rings. The van der Waals surface area contributed by atoms with E-state index in [0.717, 1.165) is 69.6 Å². The SMILES string of the molecule is CCCCCCCCCCCC(=O)O[C@H](COC(=O)CCCCCCCCCCCCCCCCCC(C)C)COC(=O)CCCCCCCCCCCCCCCCC(C)CC. The van der Waals surface area contributed by atoms with Crippen LogP contribution in [0.15, 0.2) is 0 Å². The largest absolute Gasteiger partial charge is 0.462 e. The molecule has 63 heavy (non-hydrogen) atoms. The Labute approximate surface area is 393 Å². The third-order valence-electron chi connectivity index (χ3n) is 13.3. The second kappa shape index (κ2) is 49.8. The minimum atomic E-state index is -0.761. The molecule has 0 fully saturated rings. The molecule has 0 N–H and O–H groups in total. The van der Waals surface area contributed by atoms with Gasteiger partial charge in [0, 0.05) is 19.3 Å². The summed E-state index contributed by atoms with van der Waals surface area (Å²) in [5.74, 6) is 0.901. The first-order valence-corrected chi connectivity index (χ1v) is 28.3. The minimum absolute atomic E-state index is 0.0631. The van der Waals surface area contributed by atoms with Gasteiger partial charge in [-0.25, -0.2) is 0 Å². The van der Waals surface area contributed by atoms with Crippen LogP contribution in [0.3, 0.4) is 0 Å². The first kappa shape index (κ1) is 61.4. The molecule has 0 heterocycles. The highest BCUT2D eigenvalue weighted by Gasteiger charge is 2.19. The molecule has 374 valence electrons. The van der Waals surface area contributed by atoms with Crippen molar-refractivity contribution in [2.75, 3.05) is 13.2 Å². The van der Waals surface area contributed by atoms with Gasteiger partial charge in [-0.1, -0.05) is 279 Å². The van der Waals surface area contributed by atoms with Crippen molar-refractivity contribution in [3.8, 4) is 0 Å². The fraction of sp³-hybridized carbons (Fsp3) is 0.947. The summed E-state index contributed by atoms with van der Waals surface area (Å²) in [6, 6.07) is 0. The number of hydrogen-bond acceptors (Lipinski definition) is 6. The van der Waals surface area contributed by atoms with E-state index in [2.05, 4.69) is 34.6 Å². The van der Waals surface area contributed by atoms with E-state index in [0.29, 0.717) is 19.3 Å². The van der Waals surface area contributed by atoms with Crippen LogP contribution in [0.1, 0.15) is 317 Å². The topological polar surface area (TPSA) is 78.9 Å². The summed E-state index contributed by atoms with van der Waals surface area (Å²) in [5, 5.41) is 0. The van der Waals surface area contributed by atoms with Gasteiger partial charge in [-0.2, -0.15) is 0 Å². The number of esters is 3. The third-order valence-corrected chi connectivity index (χ3v) is 13.3. The molecule has 0 amide bonds. The summed E-state index contributed by atoms with van der Waals surface area (Å²) in [6.07, 6.45) is 52.3. The van der Waals surface area contributed by atoms with Crippen molar-refractivity contribution in [3.05, 3.63) is 0 Å². The molecule has 0 aliphatic rings. The maximum Gasteiger partial charge on any atom is 0.306 e. The summed E-state index contributed by atoms with van der Waals surface area (Å²) < 4.78 is 16.8. The maximum absolute atomic E-state index is 12.8. The Hall–Kier alpha value is -1.59. The first-order chi connectivity index (χ1) is 30.8. The van der Waals surface area contributed by atoms with Crippen LogP contribution in [0, 0.1) is 11.8 Å². The predicted octanol–water partition coefficient (Wildman–Crippen LogP) is 18.5. The number of carbonyl (C=O) groups is 3. The lowest BCUT2D eigenvalue weighted by atomic mass is 9.99. The average Bonchev–Trinajstić information content (AvgIpc) is 3.27. The van der Waals surface area contributed by atoms with Crippen LogP contribution in [-0.2, 0) is 28.6 Å². The van der Waals surface area contributed by atoms with Crippen molar-refractivity contribution in [3.63, 3.8) is 0 Å². The van der Waals surface area contributed by atoms with Crippen molar-refractivity contribution in [2.24, 2.45) is 11.8 Å². The van der Waals surface area contributed by atoms with Gasteiger partial charge in [0.05, 0.1) is 0 Å². The Morgan fingerprint density at radius 1 is 0.333 bits per heavy atom. The lowest BCUT2D eigenvalue weighted by Crippen LogP contribution is -2.30. The van der Waals surface area contributed by atoms with E-state index in [-0.39, 0.29) is 31.1 Å². The highest BCUT2D eigenvalue weighted by atomic mass is 16.6. The number of hydrogen-bond donors (Lipinski definition) is 0. The molecule has 0 saturated heterocycles. The fourth-order valence-corrected chi connectivity index (χ4v) is 8.66. The van der Waals surface area contributed by atoms with Crippen LogP contribution in [0.2, 0.25) is 0 Å². The Balaban J connectivity index is 4.19. The number of ether oxygens (including phenoxy) is 3. The quantitative estimate of drug-likeness (QED) is 0.0344. The van der Waals surface area contributed by atoms with Crippen molar-refractivity contribution < 1.29 is 28.6 Å². The zero-order chi connectivity index (χ0) is 46.1. The normalized spacial score (nSPS) is 12.5. The summed E-state index contributed by atoms with van der Waals surface area (Å²) in [5.41, 5.74) is 0. The predicted molar refractivity (Wildman–Crippen MR) is 270 cm³/mol. The highest BCUT2D eigenvalue weighted by molar-refractivity contribution is 5.71. The highest BCUT2D eigenvalue weighted by Crippen LogP contribution is 2.18. The molecule has 0 aliphatic heterocycles. The molecule has 0 spiro atoms. The molecule has 2 atom stereocenters. The van der Waals surface area contributed by atoms with Gasteiger partial charge < -0.3 is 14.2 Å². The second-order valence-corrected chi connectivity index (χ2v) is 20.3. The van der Waals surface area contributed by atoms with Crippen LogP contribution in [-0.4, -0.2) is 37.2 Å². The summed E-state index contributed by atoms with van der Waals surface area (Å²) in [7, 11) is 0. The Bertz CT molecular complexity index is 964. The average molecular weight is 892 g/mol. The van der Waals surface area contributed by atoms with Crippen LogP contribution in [0.25, 0.3) is 0 Å². The molecule has 0 saturated carbocycles. The minimum Gasteiger partial charge on any atom is -0.462 e. The number of unbranched alkanes of at least 4 members (excludes halogenated alkanes) is 35. The van der Waals surface area contributed by atoms with E-state index in [1.165, 1.54) is 205 Å². The molecule has 6 nitrogen and oxygen atoms in total. The molecular formula is C57H110O6. The van der Waals surface area contributed by atoms with Gasteiger partial charge in [-0.15, -0.1) is 0 Å². The van der Waals surface area contributed by atoms with E-state index in [9.17, 15) is 14.4 Å². The number of rotatable bonds is 51. The van der Waals surface area contributed by atoms with Gasteiger partial charge in [0.15, 0.2) is 6.10 Å². The molecule has 0 aliphatic carbocycles. The molecule has 0 rings (SSSR count). The molecular weight excluding hydrogens is 781 g/mol. The molecule has 1 unspecified atom stereocenters. The summed E-state index contributed by atoms with van der Waals surface area (Å²) in [6.45, 7) is 11.4. The summed E-state index contributed by atoms with van der Waals surface area (Å²) in [4.78, 5) is 38.0. The van der Waals surface area contributed by atoms with Crippen molar-refractivity contribution in [2.45, 2.75) is 323 Å². The third kappa shape index (κ3) is 49.7. The molecule has 0 aromatic carbocycles. The van der Waals surface area contributed by atoms with Gasteiger partial charge in [-0.05, 0) is 31.1 Å². The van der Waals surface area contributed by atoms with Crippen molar-refractivity contribution in [1.82, 2.24) is 0 Å². The van der Waals surface area contributed by atoms with Crippen LogP contribution >= 0.6 is 0 Å². The maximum atomic E-state index is 12.8. The lowest BCUT2D eigenvalue weighted by Gasteiger charge is -2.18. The number of carbonyl (C=O) groups excluding carboxylic acids is 3. The molecule has 0 radical (unpaired) electrons. The smallest absolute Gasteiger partial charge is 0.306 e. The Morgan fingerprint density at radius 2 is 0.603 bits per heavy atom. The summed E-state index contributed by atoms with van der Waals surface area (Å²) >= 11 is 0. The van der Waals surface area contributed by atoms with E-state index in [4.69, 9.17) is 14.2 Å². The van der Waals surface area contributed by atoms with Crippen LogP contribution < -0.4 is 0 Å². The molecule has 0 aromatic heterocycles. The first-order valence-electron chi connectivity index (χ1n) is 28.3. The zero-order valence-corrected chi connectivity index (χ0v) is 43.2. The van der Waals surface area contributed by atoms with Crippen LogP contribution in [0.5, 0.6) is 0 Å². The molecule has 0 bridgehead atoms. The van der Waals surface area contributed by atoms with Gasteiger partial charge in [-0.3, -0.25) is 14.4 Å². The lowest BCUT2D eigenvalue weighted by molar-refractivity contribution is -0.167. The zero-order valence-electron chi connectivity index (χ0n) is 43.2. The fourth-order valence-electron chi connectivity index (χ4n) is 8.66. The molecule has 6 heteroatoms. The Kier molecular flexibility index (Phi) is 48.6.